The molecule has 11 heteroatoms. The number of likely N-dealkylation sites (N-methyl/N-ethyl adjacent to an activating group) is 1. The normalized spacial score (nSPS) is 17.6. The minimum Gasteiger partial charge on any atom is -0.427 e. The fraction of sp³-hybridized carbons (Fsp3) is 0.479. The fourth-order valence-corrected chi connectivity index (χ4v) is 8.64. The number of esters is 1. The smallest absolute Gasteiger partial charge is 0.334 e. The maximum atomic E-state index is 14.9. The van der Waals surface area contributed by atoms with Gasteiger partial charge in [-0.15, -0.1) is 0 Å². The average molecular weight is 803 g/mol. The number of aromatic nitrogens is 1. The highest BCUT2D eigenvalue weighted by Crippen LogP contribution is 2.33. The lowest BCUT2D eigenvalue weighted by Gasteiger charge is -2.54. The number of hydrogen-bond acceptors (Lipinski definition) is 7. The molecule has 2 unspecified atom stereocenters. The minimum absolute atomic E-state index is 0.0334. The number of urea groups is 1. The zero-order valence-electron chi connectivity index (χ0n) is 35.0. The highest BCUT2D eigenvalue weighted by atomic mass is 16.5. The summed E-state index contributed by atoms with van der Waals surface area (Å²) < 4.78 is 5.67. The Morgan fingerprint density at radius 1 is 0.814 bits per heavy atom. The first kappa shape index (κ1) is 43.3. The number of nitrogens with zero attached hydrogens (tertiary/aromatic N) is 5. The Labute approximate surface area is 350 Å². The van der Waals surface area contributed by atoms with Crippen molar-refractivity contribution in [3.05, 3.63) is 108 Å². The molecule has 59 heavy (non-hydrogen) atoms. The number of rotatable bonds is 21. The summed E-state index contributed by atoms with van der Waals surface area (Å²) in [5.41, 5.74) is 2.66. The van der Waals surface area contributed by atoms with E-state index in [-0.39, 0.29) is 55.8 Å². The highest BCUT2D eigenvalue weighted by Gasteiger charge is 2.51. The molecule has 0 saturated carbocycles. The van der Waals surface area contributed by atoms with Crippen LogP contribution in [0.15, 0.2) is 97.2 Å². The summed E-state index contributed by atoms with van der Waals surface area (Å²) in [6, 6.07) is 27.5. The molecule has 4 amide bonds. The van der Waals surface area contributed by atoms with Crippen LogP contribution in [0, 0.1) is 5.92 Å². The Morgan fingerprint density at radius 2 is 1.49 bits per heavy atom. The first-order chi connectivity index (χ1) is 28.8. The first-order valence-electron chi connectivity index (χ1n) is 21.8. The van der Waals surface area contributed by atoms with E-state index in [1.54, 1.807) is 45.2 Å². The van der Waals surface area contributed by atoms with Gasteiger partial charge in [0.25, 0.3) is 0 Å². The molecule has 0 radical (unpaired) electrons. The summed E-state index contributed by atoms with van der Waals surface area (Å²) in [6.45, 7) is 2.93. The van der Waals surface area contributed by atoms with E-state index in [9.17, 15) is 19.2 Å². The number of nitrogens with one attached hydrogen (secondary N) is 1. The molecule has 11 nitrogen and oxygen atoms in total. The SMILES string of the molecule is CCCCCCCCCCCCC(CCC(=O)Oc1ccccc1)C[C@H]1C(=O)N(Cc2cccc3cccnc23)CC2N1C(=O)CN(C)N2C(=O)NCc1ccccc1. The molecule has 2 aliphatic rings. The van der Waals surface area contributed by atoms with Gasteiger partial charge in [-0.3, -0.25) is 19.4 Å². The third-order valence-electron chi connectivity index (χ3n) is 11.8. The van der Waals surface area contributed by atoms with Gasteiger partial charge >= 0.3 is 12.0 Å². The van der Waals surface area contributed by atoms with Crippen molar-refractivity contribution in [3.8, 4) is 5.75 Å². The fourth-order valence-electron chi connectivity index (χ4n) is 8.64. The molecule has 2 aliphatic heterocycles. The van der Waals surface area contributed by atoms with Crippen LogP contribution in [0.2, 0.25) is 0 Å². The van der Waals surface area contributed by atoms with Crippen molar-refractivity contribution in [2.45, 2.75) is 122 Å². The van der Waals surface area contributed by atoms with Gasteiger partial charge in [-0.25, -0.2) is 14.8 Å². The number of para-hydroxylation sites is 2. The van der Waals surface area contributed by atoms with Gasteiger partial charge < -0.3 is 19.9 Å². The van der Waals surface area contributed by atoms with Gasteiger partial charge in [0.2, 0.25) is 11.8 Å². The van der Waals surface area contributed by atoms with Gasteiger partial charge in [0.05, 0.1) is 18.6 Å². The van der Waals surface area contributed by atoms with Gasteiger partial charge in [0, 0.05) is 38.1 Å². The van der Waals surface area contributed by atoms with Gasteiger partial charge in [0.15, 0.2) is 0 Å². The third-order valence-corrected chi connectivity index (χ3v) is 11.8. The van der Waals surface area contributed by atoms with Crippen molar-refractivity contribution in [2.24, 2.45) is 5.92 Å². The maximum Gasteiger partial charge on any atom is 0.334 e. The Balaban J connectivity index is 1.23. The number of unbranched alkanes of at least 4 members (excludes halogenated alkanes) is 9. The quantitative estimate of drug-likeness (QED) is 0.0509. The lowest BCUT2D eigenvalue weighted by Crippen LogP contribution is -2.75. The molecule has 0 bridgehead atoms. The van der Waals surface area contributed by atoms with Crippen molar-refractivity contribution in [1.82, 2.24) is 30.1 Å². The number of ether oxygens (including phenoxy) is 1. The van der Waals surface area contributed by atoms with Gasteiger partial charge in [-0.05, 0) is 48.1 Å². The summed E-state index contributed by atoms with van der Waals surface area (Å²) in [7, 11) is 1.74. The second-order valence-corrected chi connectivity index (χ2v) is 16.2. The molecule has 3 aromatic carbocycles. The number of benzene rings is 3. The number of hydrazine groups is 1. The van der Waals surface area contributed by atoms with Crippen molar-refractivity contribution in [2.75, 3.05) is 20.1 Å². The zero-order valence-corrected chi connectivity index (χ0v) is 35.0. The van der Waals surface area contributed by atoms with Crippen LogP contribution in [-0.4, -0.2) is 81.0 Å². The topological polar surface area (TPSA) is 115 Å². The second kappa shape index (κ2) is 22.2. The first-order valence-corrected chi connectivity index (χ1v) is 21.8. The number of amides is 4. The molecular formula is C48H62N6O5. The highest BCUT2D eigenvalue weighted by molar-refractivity contribution is 5.92. The number of carbonyl (C=O) groups excluding carboxylic acids is 4. The number of hydrogen-bond donors (Lipinski definition) is 1. The van der Waals surface area contributed by atoms with E-state index >= 15 is 0 Å². The lowest BCUT2D eigenvalue weighted by molar-refractivity contribution is -0.188. The molecule has 0 spiro atoms. The van der Waals surface area contributed by atoms with Crippen LogP contribution in [0.3, 0.4) is 0 Å². The van der Waals surface area contributed by atoms with Crippen LogP contribution in [0.4, 0.5) is 4.79 Å². The number of piperazine rings is 1. The number of carbonyl (C=O) groups is 4. The summed E-state index contributed by atoms with van der Waals surface area (Å²) in [5, 5.41) is 7.30. The van der Waals surface area contributed by atoms with Gasteiger partial charge in [-0.1, -0.05) is 150 Å². The summed E-state index contributed by atoms with van der Waals surface area (Å²) in [6.07, 6.45) is 15.0. The number of fused-ring (bicyclic) bond motifs is 2. The summed E-state index contributed by atoms with van der Waals surface area (Å²) >= 11 is 0. The van der Waals surface area contributed by atoms with Crippen LogP contribution in [0.25, 0.3) is 10.9 Å². The molecule has 4 aromatic rings. The molecule has 2 fully saturated rings. The minimum atomic E-state index is -0.819. The van der Waals surface area contributed by atoms with Gasteiger partial charge in [0.1, 0.15) is 18.0 Å². The molecule has 3 heterocycles. The van der Waals surface area contributed by atoms with Gasteiger partial charge in [-0.2, -0.15) is 0 Å². The Morgan fingerprint density at radius 3 is 2.22 bits per heavy atom. The third kappa shape index (κ3) is 12.1. The van der Waals surface area contributed by atoms with E-state index in [1.807, 2.05) is 78.9 Å². The van der Waals surface area contributed by atoms with Crippen LogP contribution in [-0.2, 0) is 27.5 Å². The zero-order chi connectivity index (χ0) is 41.4. The Kier molecular flexibility index (Phi) is 16.3. The summed E-state index contributed by atoms with van der Waals surface area (Å²) in [5.74, 6) is -0.207. The lowest BCUT2D eigenvalue weighted by atomic mass is 9.87. The van der Waals surface area contributed by atoms with Crippen LogP contribution >= 0.6 is 0 Å². The standard InChI is InChI=1S/C48H62N6O5/c1-3-4-5-6-7-8-9-10-11-14-21-37(29-30-45(56)59-41-27-17-13-18-28-41)32-42-47(57)52(34-40-25-19-24-39-26-20-31-49-46(39)40)35-43-53(42)44(55)36-51(2)54(43)48(58)50-33-38-22-15-12-16-23-38/h12-13,15-20,22-28,31,37,42-43H,3-11,14,21,29-30,32-36H2,1-2H3,(H,50,58)/t37?,42-,43?/m0/s1. The van der Waals surface area contributed by atoms with E-state index in [2.05, 4.69) is 17.2 Å². The van der Waals surface area contributed by atoms with E-state index in [1.165, 1.54) is 44.9 Å². The Bertz CT molecular complexity index is 1960. The maximum absolute atomic E-state index is 14.9. The molecular weight excluding hydrogens is 741 g/mol. The monoisotopic (exact) mass is 802 g/mol. The predicted octanol–water partition coefficient (Wildman–Crippen LogP) is 8.88. The van der Waals surface area contributed by atoms with E-state index < -0.39 is 12.2 Å². The molecule has 1 aromatic heterocycles. The van der Waals surface area contributed by atoms with Crippen LogP contribution in [0.1, 0.15) is 108 Å². The molecule has 6 rings (SSSR count). The molecule has 0 aliphatic carbocycles. The largest absolute Gasteiger partial charge is 0.427 e. The molecule has 2 saturated heterocycles. The molecule has 1 N–H and O–H groups in total. The van der Waals surface area contributed by atoms with Crippen LogP contribution in [0.5, 0.6) is 5.75 Å². The van der Waals surface area contributed by atoms with Crippen LogP contribution < -0.4 is 10.1 Å². The van der Waals surface area contributed by atoms with Crippen molar-refractivity contribution in [3.63, 3.8) is 0 Å². The van der Waals surface area contributed by atoms with E-state index in [0.29, 0.717) is 25.1 Å². The van der Waals surface area contributed by atoms with Crippen molar-refractivity contribution < 1.29 is 23.9 Å². The second-order valence-electron chi connectivity index (χ2n) is 16.2. The Hall–Kier alpha value is -5.29. The predicted molar refractivity (Wildman–Crippen MR) is 231 cm³/mol. The van der Waals surface area contributed by atoms with Crippen molar-refractivity contribution >= 4 is 34.7 Å². The average Bonchev–Trinajstić information content (AvgIpc) is 3.24. The van der Waals surface area contributed by atoms with Crippen molar-refractivity contribution in [1.29, 1.82) is 0 Å². The van der Waals surface area contributed by atoms with E-state index in [4.69, 9.17) is 4.74 Å². The summed E-state index contributed by atoms with van der Waals surface area (Å²) in [4.78, 5) is 64.4. The molecule has 3 atom stereocenters. The molecule has 314 valence electrons. The number of pyridine rings is 1. The van der Waals surface area contributed by atoms with E-state index in [0.717, 1.165) is 47.7 Å².